The Balaban J connectivity index is 1.44. The summed E-state index contributed by atoms with van der Waals surface area (Å²) in [7, 11) is -3.20. The Labute approximate surface area is 173 Å². The van der Waals surface area contributed by atoms with Gasteiger partial charge in [-0.3, -0.25) is 9.59 Å². The number of piperidine rings is 2. The Hall–Kier alpha value is -1.24. The molecule has 3 rings (SSSR count). The highest BCUT2D eigenvalue weighted by Gasteiger charge is 2.29. The topological polar surface area (TPSA) is 113 Å². The first kappa shape index (κ1) is 21.5. The average Bonchev–Trinajstić information content (AvgIpc) is 3.13. The number of rotatable bonds is 6. The summed E-state index contributed by atoms with van der Waals surface area (Å²) in [6, 6.07) is 0. The number of amides is 2. The number of carbonyl (C=O) groups excluding carboxylic acids is 2. The van der Waals surface area contributed by atoms with E-state index in [0.717, 1.165) is 25.9 Å². The van der Waals surface area contributed by atoms with E-state index in [9.17, 15) is 18.0 Å². The fourth-order valence-corrected chi connectivity index (χ4v) is 5.87. The van der Waals surface area contributed by atoms with Crippen LogP contribution in [0.25, 0.3) is 0 Å². The Morgan fingerprint density at radius 1 is 1.14 bits per heavy atom. The maximum Gasteiger partial charge on any atom is 0.233 e. The Morgan fingerprint density at radius 2 is 1.82 bits per heavy atom. The minimum Gasteiger partial charge on any atom is -0.342 e. The van der Waals surface area contributed by atoms with Gasteiger partial charge in [0.2, 0.25) is 27.0 Å². The first-order valence-electron chi connectivity index (χ1n) is 9.33. The molecule has 1 aromatic heterocycles. The lowest BCUT2D eigenvalue weighted by atomic mass is 9.97. The fraction of sp³-hybridized carbons (Fsp3) is 0.750. The number of nitrogens with zero attached hydrogens (tertiary/aromatic N) is 4. The van der Waals surface area contributed by atoms with E-state index in [0.29, 0.717) is 41.2 Å². The molecule has 2 fully saturated rings. The molecule has 156 valence electrons. The largest absolute Gasteiger partial charge is 0.342 e. The van der Waals surface area contributed by atoms with Crippen molar-refractivity contribution in [1.29, 1.82) is 0 Å². The molecule has 1 aromatic rings. The molecular formula is C16H25N5O4S3. The average molecular weight is 448 g/mol. The van der Waals surface area contributed by atoms with Gasteiger partial charge < -0.3 is 10.2 Å². The molecule has 0 radical (unpaired) electrons. The quantitative estimate of drug-likeness (QED) is 0.516. The molecule has 2 aliphatic rings. The molecule has 0 bridgehead atoms. The van der Waals surface area contributed by atoms with Crippen molar-refractivity contribution in [1.82, 2.24) is 19.4 Å². The van der Waals surface area contributed by atoms with E-state index in [1.165, 1.54) is 40.1 Å². The summed E-state index contributed by atoms with van der Waals surface area (Å²) in [5.41, 5.74) is 0. The van der Waals surface area contributed by atoms with Gasteiger partial charge in [0, 0.05) is 32.1 Å². The van der Waals surface area contributed by atoms with Crippen LogP contribution in [0, 0.1) is 5.92 Å². The third-order valence-corrected chi connectivity index (χ3v) is 8.22. The molecule has 28 heavy (non-hydrogen) atoms. The second kappa shape index (κ2) is 9.51. The van der Waals surface area contributed by atoms with Crippen molar-refractivity contribution in [2.45, 2.75) is 36.4 Å². The van der Waals surface area contributed by atoms with Gasteiger partial charge in [0.25, 0.3) is 0 Å². The summed E-state index contributed by atoms with van der Waals surface area (Å²) in [5.74, 6) is 0.0408. The first-order chi connectivity index (χ1) is 13.3. The second-order valence-electron chi connectivity index (χ2n) is 7.03. The van der Waals surface area contributed by atoms with Crippen LogP contribution < -0.4 is 5.32 Å². The van der Waals surface area contributed by atoms with Crippen LogP contribution in [0.2, 0.25) is 0 Å². The van der Waals surface area contributed by atoms with Crippen molar-refractivity contribution in [3.63, 3.8) is 0 Å². The van der Waals surface area contributed by atoms with Crippen molar-refractivity contribution in [2.24, 2.45) is 5.92 Å². The maximum absolute atomic E-state index is 12.4. The zero-order valence-electron chi connectivity index (χ0n) is 15.8. The van der Waals surface area contributed by atoms with Crippen LogP contribution in [0.4, 0.5) is 5.13 Å². The number of hydrogen-bond donors (Lipinski definition) is 1. The van der Waals surface area contributed by atoms with Crippen molar-refractivity contribution in [3.05, 3.63) is 0 Å². The zero-order chi connectivity index (χ0) is 20.1. The highest BCUT2D eigenvalue weighted by Crippen LogP contribution is 2.27. The molecule has 2 aliphatic heterocycles. The maximum atomic E-state index is 12.4. The van der Waals surface area contributed by atoms with Crippen LogP contribution in [0.3, 0.4) is 0 Å². The van der Waals surface area contributed by atoms with Gasteiger partial charge in [-0.15, -0.1) is 10.2 Å². The predicted octanol–water partition coefficient (Wildman–Crippen LogP) is 1.25. The van der Waals surface area contributed by atoms with Gasteiger partial charge in [-0.2, -0.15) is 0 Å². The van der Waals surface area contributed by atoms with E-state index in [1.807, 2.05) is 4.90 Å². The van der Waals surface area contributed by atoms with Crippen molar-refractivity contribution in [3.8, 4) is 0 Å². The van der Waals surface area contributed by atoms with Gasteiger partial charge in [-0.05, 0) is 32.1 Å². The minimum absolute atomic E-state index is 0.114. The number of aromatic nitrogens is 2. The third-order valence-electron chi connectivity index (χ3n) is 4.96. The number of hydrogen-bond acceptors (Lipinski definition) is 8. The van der Waals surface area contributed by atoms with E-state index >= 15 is 0 Å². The van der Waals surface area contributed by atoms with Gasteiger partial charge in [0.15, 0.2) is 4.34 Å². The highest BCUT2D eigenvalue weighted by molar-refractivity contribution is 8.01. The SMILES string of the molecule is CS(=O)(=O)N1CCC(C(=O)Nc2nnc(SCC(=O)N3CCCCC3)s2)CC1. The van der Waals surface area contributed by atoms with Gasteiger partial charge in [0.1, 0.15) is 0 Å². The molecule has 0 aromatic carbocycles. The predicted molar refractivity (Wildman–Crippen MR) is 109 cm³/mol. The molecule has 0 aliphatic carbocycles. The van der Waals surface area contributed by atoms with Crippen LogP contribution in [-0.2, 0) is 19.6 Å². The summed E-state index contributed by atoms with van der Waals surface area (Å²) in [4.78, 5) is 26.5. The van der Waals surface area contributed by atoms with Crippen LogP contribution in [0.15, 0.2) is 4.34 Å². The summed E-state index contributed by atoms with van der Waals surface area (Å²) >= 11 is 2.59. The van der Waals surface area contributed by atoms with Gasteiger partial charge in [0.05, 0.1) is 12.0 Å². The Morgan fingerprint density at radius 3 is 2.46 bits per heavy atom. The zero-order valence-corrected chi connectivity index (χ0v) is 18.2. The molecule has 12 heteroatoms. The molecule has 0 unspecified atom stereocenters. The lowest BCUT2D eigenvalue weighted by Crippen LogP contribution is -2.40. The molecular weight excluding hydrogens is 422 g/mol. The fourth-order valence-electron chi connectivity index (χ4n) is 3.33. The number of nitrogens with one attached hydrogen (secondary N) is 1. The van der Waals surface area contributed by atoms with Crippen molar-refractivity contribution in [2.75, 3.05) is 43.5 Å². The Kier molecular flexibility index (Phi) is 7.29. The number of likely N-dealkylation sites (tertiary alicyclic amines) is 1. The number of anilines is 1. The van der Waals surface area contributed by atoms with E-state index < -0.39 is 10.0 Å². The Bertz CT molecular complexity index is 799. The first-order valence-corrected chi connectivity index (χ1v) is 13.0. The van der Waals surface area contributed by atoms with E-state index in [4.69, 9.17) is 0 Å². The molecule has 0 spiro atoms. The molecule has 0 atom stereocenters. The van der Waals surface area contributed by atoms with Gasteiger partial charge in [-0.25, -0.2) is 12.7 Å². The molecule has 0 saturated carbocycles. The number of carbonyl (C=O) groups is 2. The van der Waals surface area contributed by atoms with E-state index in [1.54, 1.807) is 0 Å². The molecule has 2 saturated heterocycles. The lowest BCUT2D eigenvalue weighted by Gasteiger charge is -2.29. The lowest BCUT2D eigenvalue weighted by molar-refractivity contribution is -0.129. The minimum atomic E-state index is -3.20. The van der Waals surface area contributed by atoms with E-state index in [2.05, 4.69) is 15.5 Å². The molecule has 3 heterocycles. The van der Waals surface area contributed by atoms with Crippen LogP contribution in [0.5, 0.6) is 0 Å². The normalized spacial score (nSPS) is 19.5. The summed E-state index contributed by atoms with van der Waals surface area (Å²) in [6.07, 6.45) is 5.48. The summed E-state index contributed by atoms with van der Waals surface area (Å²) in [6.45, 7) is 2.36. The number of thioether (sulfide) groups is 1. The van der Waals surface area contributed by atoms with Crippen LogP contribution in [0.1, 0.15) is 32.1 Å². The standard InChI is InChI=1S/C16H25N5O4S3/c1-28(24,25)21-9-5-12(6-10-21)14(23)17-15-18-19-16(27-15)26-11-13(22)20-7-3-2-4-8-20/h12H,2-11H2,1H3,(H,17,18,23). The summed E-state index contributed by atoms with van der Waals surface area (Å²) in [5, 5.41) is 11.2. The van der Waals surface area contributed by atoms with Gasteiger partial charge >= 0.3 is 0 Å². The smallest absolute Gasteiger partial charge is 0.233 e. The summed E-state index contributed by atoms with van der Waals surface area (Å²) < 4.78 is 25.1. The third kappa shape index (κ3) is 5.88. The van der Waals surface area contributed by atoms with Crippen molar-refractivity contribution < 1.29 is 18.0 Å². The highest BCUT2D eigenvalue weighted by atomic mass is 32.2. The molecule has 9 nitrogen and oxygen atoms in total. The molecule has 1 N–H and O–H groups in total. The van der Waals surface area contributed by atoms with Crippen LogP contribution >= 0.6 is 23.1 Å². The van der Waals surface area contributed by atoms with Crippen molar-refractivity contribution >= 4 is 50.1 Å². The molecule has 2 amide bonds. The second-order valence-corrected chi connectivity index (χ2v) is 11.2. The number of sulfonamides is 1. The monoisotopic (exact) mass is 447 g/mol. The van der Waals surface area contributed by atoms with E-state index in [-0.39, 0.29) is 17.7 Å². The van der Waals surface area contributed by atoms with Crippen LogP contribution in [-0.4, -0.2) is 77.8 Å². The van der Waals surface area contributed by atoms with Gasteiger partial charge in [-0.1, -0.05) is 23.1 Å².